The Labute approximate surface area is 168 Å². The monoisotopic (exact) mass is 413 g/mol. The zero-order chi connectivity index (χ0) is 20.6. The quantitative estimate of drug-likeness (QED) is 0.675. The smallest absolute Gasteiger partial charge is 0.240 e. The number of carbonyl (C=O) groups excluding carboxylic acids is 1. The molecule has 2 heterocycles. The second-order valence-corrected chi connectivity index (χ2v) is 8.73. The van der Waals surface area contributed by atoms with E-state index in [-0.39, 0.29) is 29.6 Å². The first-order valence-electron chi connectivity index (χ1n) is 9.12. The number of likely N-dealkylation sites (N-methyl/N-ethyl adjacent to an activating group) is 1. The number of rotatable bonds is 6. The number of aromatic nitrogens is 1. The number of halogens is 1. The third-order valence-electron chi connectivity index (χ3n) is 5.10. The molecule has 1 aromatic heterocycles. The lowest BCUT2D eigenvalue weighted by molar-refractivity contribution is -0.117. The number of hydrogen-bond acceptors (Lipinski definition) is 3. The number of nitrogens with zero attached hydrogens (tertiary/aromatic N) is 2. The van der Waals surface area contributed by atoms with E-state index in [0.717, 1.165) is 5.69 Å². The molecule has 0 saturated heterocycles. The molecule has 0 spiro atoms. The molecular weight excluding hydrogens is 393 g/mol. The molecule has 150 valence electrons. The molecule has 2 aromatic carbocycles. The van der Waals surface area contributed by atoms with Crippen molar-refractivity contribution >= 4 is 21.6 Å². The van der Waals surface area contributed by atoms with Gasteiger partial charge in [0.25, 0.3) is 0 Å². The first-order valence-corrected chi connectivity index (χ1v) is 10.6. The second kappa shape index (κ2) is 7.46. The van der Waals surface area contributed by atoms with E-state index >= 15 is 0 Å². The molecule has 8 heteroatoms. The summed E-state index contributed by atoms with van der Waals surface area (Å²) in [6.45, 7) is 0.379. The van der Waals surface area contributed by atoms with Gasteiger partial charge in [0.15, 0.2) is 0 Å². The molecule has 0 fully saturated rings. The van der Waals surface area contributed by atoms with Crippen molar-refractivity contribution in [2.24, 2.45) is 0 Å². The number of amides is 1. The van der Waals surface area contributed by atoms with Crippen LogP contribution in [0.25, 0.3) is 0 Å². The number of carbonyl (C=O) groups is 1. The zero-order valence-corrected chi connectivity index (χ0v) is 16.6. The van der Waals surface area contributed by atoms with Crippen LogP contribution in [-0.2, 0) is 34.3 Å². The number of benzene rings is 2. The van der Waals surface area contributed by atoms with Gasteiger partial charge in [-0.1, -0.05) is 18.2 Å². The molecule has 1 aliphatic heterocycles. The Hall–Kier alpha value is -2.97. The Morgan fingerprint density at radius 3 is 2.69 bits per heavy atom. The normalized spacial score (nSPS) is 13.7. The lowest BCUT2D eigenvalue weighted by atomic mass is 10.2. The summed E-state index contributed by atoms with van der Waals surface area (Å²) < 4.78 is 43.8. The molecule has 1 amide bonds. The van der Waals surface area contributed by atoms with Crippen molar-refractivity contribution < 1.29 is 17.6 Å². The molecule has 6 nitrogen and oxygen atoms in total. The summed E-state index contributed by atoms with van der Waals surface area (Å²) in [5, 5.41) is 0. The molecule has 1 N–H and O–H groups in total. The lowest BCUT2D eigenvalue weighted by Crippen LogP contribution is -2.25. The van der Waals surface area contributed by atoms with Crippen LogP contribution in [0.5, 0.6) is 0 Å². The Balaban J connectivity index is 1.50. The van der Waals surface area contributed by atoms with Gasteiger partial charge in [0.2, 0.25) is 15.9 Å². The van der Waals surface area contributed by atoms with Gasteiger partial charge in [0.1, 0.15) is 5.82 Å². The van der Waals surface area contributed by atoms with Crippen LogP contribution in [0.2, 0.25) is 0 Å². The average molecular weight is 413 g/mol. The Bertz CT molecular complexity index is 1190. The summed E-state index contributed by atoms with van der Waals surface area (Å²) in [6, 6.07) is 14.8. The van der Waals surface area contributed by atoms with Gasteiger partial charge in [-0.25, -0.2) is 17.5 Å². The highest BCUT2D eigenvalue weighted by molar-refractivity contribution is 7.89. The number of anilines is 1. The standard InChI is InChI=1S/C21H20FN3O3S/c1-24-20-9-8-18(11-16(20)12-21(24)26)29(27,28)23-13-17-6-4-10-25(17)14-15-5-2-3-7-19(15)22/h2-11,23H,12-14H2,1H3. The number of hydrogen-bond donors (Lipinski definition) is 1. The van der Waals surface area contributed by atoms with Crippen molar-refractivity contribution in [3.05, 3.63) is 83.4 Å². The summed E-state index contributed by atoms with van der Waals surface area (Å²) in [5.41, 5.74) is 2.67. The molecule has 0 atom stereocenters. The predicted molar refractivity (Wildman–Crippen MR) is 108 cm³/mol. The fraction of sp³-hybridized carbons (Fsp3) is 0.190. The van der Waals surface area contributed by atoms with Crippen LogP contribution in [0, 0.1) is 5.82 Å². The molecule has 29 heavy (non-hydrogen) atoms. The molecule has 0 unspecified atom stereocenters. The van der Waals surface area contributed by atoms with Crippen molar-refractivity contribution in [1.82, 2.24) is 9.29 Å². The van der Waals surface area contributed by atoms with Crippen molar-refractivity contribution in [3.8, 4) is 0 Å². The predicted octanol–water partition coefficient (Wildman–Crippen LogP) is 2.67. The van der Waals surface area contributed by atoms with E-state index in [1.54, 1.807) is 54.2 Å². The van der Waals surface area contributed by atoms with Gasteiger partial charge in [-0.05, 0) is 42.0 Å². The van der Waals surface area contributed by atoms with Crippen LogP contribution in [0.4, 0.5) is 10.1 Å². The van der Waals surface area contributed by atoms with Crippen molar-refractivity contribution in [3.63, 3.8) is 0 Å². The van der Waals surface area contributed by atoms with Gasteiger partial charge < -0.3 is 9.47 Å². The highest BCUT2D eigenvalue weighted by Gasteiger charge is 2.26. The topological polar surface area (TPSA) is 71.4 Å². The van der Waals surface area contributed by atoms with Gasteiger partial charge in [0, 0.05) is 30.2 Å². The second-order valence-electron chi connectivity index (χ2n) is 6.96. The van der Waals surface area contributed by atoms with Crippen molar-refractivity contribution in [2.45, 2.75) is 24.4 Å². The van der Waals surface area contributed by atoms with E-state index in [0.29, 0.717) is 23.4 Å². The van der Waals surface area contributed by atoms with Gasteiger partial charge in [-0.15, -0.1) is 0 Å². The maximum Gasteiger partial charge on any atom is 0.240 e. The van der Waals surface area contributed by atoms with Crippen molar-refractivity contribution in [1.29, 1.82) is 0 Å². The third kappa shape index (κ3) is 3.81. The Kier molecular flexibility index (Phi) is 4.97. The molecule has 0 saturated carbocycles. The number of fused-ring (bicyclic) bond motifs is 1. The van der Waals surface area contributed by atoms with Crippen LogP contribution in [0.15, 0.2) is 65.7 Å². The van der Waals surface area contributed by atoms with Gasteiger partial charge in [0.05, 0.1) is 24.4 Å². The molecule has 0 bridgehead atoms. The lowest BCUT2D eigenvalue weighted by Gasteiger charge is -2.13. The molecule has 3 aromatic rings. The van der Waals surface area contributed by atoms with E-state index in [9.17, 15) is 17.6 Å². The average Bonchev–Trinajstić information content (AvgIpc) is 3.26. The molecule has 0 radical (unpaired) electrons. The maximum absolute atomic E-state index is 13.9. The number of sulfonamides is 1. The molecule has 4 rings (SSSR count). The highest BCUT2D eigenvalue weighted by atomic mass is 32.2. The molecule has 1 aliphatic rings. The minimum Gasteiger partial charge on any atom is -0.346 e. The van der Waals surface area contributed by atoms with Crippen LogP contribution in [0.3, 0.4) is 0 Å². The largest absolute Gasteiger partial charge is 0.346 e. The van der Waals surface area contributed by atoms with E-state index < -0.39 is 10.0 Å². The van der Waals surface area contributed by atoms with E-state index in [1.807, 2.05) is 0 Å². The SMILES string of the molecule is CN1C(=O)Cc2cc(S(=O)(=O)NCc3cccn3Cc3ccccc3F)ccc21. The maximum atomic E-state index is 13.9. The Morgan fingerprint density at radius 2 is 1.90 bits per heavy atom. The summed E-state index contributed by atoms with van der Waals surface area (Å²) >= 11 is 0. The van der Waals surface area contributed by atoms with Crippen LogP contribution in [-0.4, -0.2) is 25.9 Å². The van der Waals surface area contributed by atoms with Gasteiger partial charge >= 0.3 is 0 Å². The van der Waals surface area contributed by atoms with Gasteiger partial charge in [-0.2, -0.15) is 0 Å². The van der Waals surface area contributed by atoms with Crippen LogP contribution < -0.4 is 9.62 Å². The van der Waals surface area contributed by atoms with Crippen LogP contribution in [0.1, 0.15) is 16.8 Å². The first kappa shape index (κ1) is 19.4. The fourth-order valence-electron chi connectivity index (χ4n) is 3.44. The summed E-state index contributed by atoms with van der Waals surface area (Å²) in [7, 11) is -2.09. The summed E-state index contributed by atoms with van der Waals surface area (Å²) in [5.74, 6) is -0.362. The fourth-order valence-corrected chi connectivity index (χ4v) is 4.49. The van der Waals surface area contributed by atoms with E-state index in [1.165, 1.54) is 23.1 Å². The highest BCUT2D eigenvalue weighted by Crippen LogP contribution is 2.29. The first-order chi connectivity index (χ1) is 13.8. The Morgan fingerprint density at radius 1 is 1.10 bits per heavy atom. The molecule has 0 aliphatic carbocycles. The molecular formula is C21H20FN3O3S. The number of nitrogens with one attached hydrogen (secondary N) is 1. The third-order valence-corrected chi connectivity index (χ3v) is 6.50. The van der Waals surface area contributed by atoms with Gasteiger partial charge in [-0.3, -0.25) is 4.79 Å². The summed E-state index contributed by atoms with van der Waals surface area (Å²) in [6.07, 6.45) is 1.98. The summed E-state index contributed by atoms with van der Waals surface area (Å²) in [4.78, 5) is 13.5. The minimum atomic E-state index is -3.76. The van der Waals surface area contributed by atoms with Crippen LogP contribution >= 0.6 is 0 Å². The van der Waals surface area contributed by atoms with E-state index in [4.69, 9.17) is 0 Å². The van der Waals surface area contributed by atoms with Crippen molar-refractivity contribution in [2.75, 3.05) is 11.9 Å². The minimum absolute atomic E-state index is 0.0616. The zero-order valence-electron chi connectivity index (χ0n) is 15.8. The van der Waals surface area contributed by atoms with E-state index in [2.05, 4.69) is 4.72 Å².